The highest BCUT2D eigenvalue weighted by Gasteiger charge is 2.30. The Hall–Kier alpha value is -3.45. The fourth-order valence-electron chi connectivity index (χ4n) is 4.81. The van der Waals surface area contributed by atoms with Crippen LogP contribution in [0.15, 0.2) is 24.4 Å². The van der Waals surface area contributed by atoms with Gasteiger partial charge in [-0.25, -0.2) is 14.5 Å². The molecule has 0 unspecified atom stereocenters. The lowest BCUT2D eigenvalue weighted by Gasteiger charge is -2.29. The molecule has 0 bridgehead atoms. The van der Waals surface area contributed by atoms with E-state index in [2.05, 4.69) is 25.4 Å². The number of hydrogen-bond acceptors (Lipinski definition) is 8. The molecule has 5 rings (SSSR count). The first-order chi connectivity index (χ1) is 17.7. The number of nitrogens with one attached hydrogen (secondary N) is 1. The number of anilines is 2. The third-order valence-corrected chi connectivity index (χ3v) is 6.58. The molecule has 0 amide bonds. The molecule has 1 aliphatic rings. The lowest BCUT2D eigenvalue weighted by molar-refractivity contribution is -0.140. The second-order valence-electron chi connectivity index (χ2n) is 9.22. The standard InChI is InChI=1S/C24H29F3N8O2/c1-14-29-19-8-7-18(31-22(19)34(14)13-24(25,26)27)17-9-10-35-20(17)21(28)32-23(33-35)30-15-3-5-16(6-4-15)37-12-11-36-2/h7-10,15-16H,3-6,11-13H2,1-2H3,(H3,28,30,32,33). The third-order valence-electron chi connectivity index (χ3n) is 6.58. The van der Waals surface area contributed by atoms with Crippen molar-refractivity contribution in [2.45, 2.75) is 57.5 Å². The number of methoxy groups -OCH3 is 1. The van der Waals surface area contributed by atoms with Crippen molar-refractivity contribution in [2.75, 3.05) is 31.4 Å². The van der Waals surface area contributed by atoms with Crippen LogP contribution in [0.3, 0.4) is 0 Å². The number of halogens is 3. The summed E-state index contributed by atoms with van der Waals surface area (Å²) in [7, 11) is 1.66. The van der Waals surface area contributed by atoms with Crippen molar-refractivity contribution in [1.82, 2.24) is 29.1 Å². The van der Waals surface area contributed by atoms with E-state index in [0.717, 1.165) is 30.3 Å². The summed E-state index contributed by atoms with van der Waals surface area (Å²) in [6.07, 6.45) is 1.29. The van der Waals surface area contributed by atoms with Gasteiger partial charge in [0.1, 0.15) is 23.4 Å². The number of imidazole rings is 1. The van der Waals surface area contributed by atoms with Gasteiger partial charge in [0.15, 0.2) is 11.5 Å². The van der Waals surface area contributed by atoms with Crippen LogP contribution < -0.4 is 11.1 Å². The molecule has 0 radical (unpaired) electrons. The van der Waals surface area contributed by atoms with Gasteiger partial charge in [0.05, 0.1) is 25.0 Å². The molecule has 0 aliphatic heterocycles. The van der Waals surface area contributed by atoms with E-state index in [0.29, 0.717) is 41.5 Å². The van der Waals surface area contributed by atoms with Crippen molar-refractivity contribution < 1.29 is 22.6 Å². The molecule has 3 N–H and O–H groups in total. The fourth-order valence-corrected chi connectivity index (χ4v) is 4.81. The maximum Gasteiger partial charge on any atom is 0.406 e. The van der Waals surface area contributed by atoms with Crippen LogP contribution in [-0.2, 0) is 16.0 Å². The molecule has 13 heteroatoms. The van der Waals surface area contributed by atoms with Crippen molar-refractivity contribution in [3.63, 3.8) is 0 Å². The van der Waals surface area contributed by atoms with Gasteiger partial charge in [-0.1, -0.05) is 0 Å². The number of rotatable bonds is 8. The van der Waals surface area contributed by atoms with Crippen LogP contribution in [-0.4, -0.2) is 67.8 Å². The molecule has 1 fully saturated rings. The van der Waals surface area contributed by atoms with Gasteiger partial charge >= 0.3 is 6.18 Å². The Morgan fingerprint density at radius 2 is 1.86 bits per heavy atom. The predicted octanol–water partition coefficient (Wildman–Crippen LogP) is 3.98. The molecule has 10 nitrogen and oxygen atoms in total. The highest BCUT2D eigenvalue weighted by molar-refractivity contribution is 5.88. The van der Waals surface area contributed by atoms with Crippen molar-refractivity contribution in [2.24, 2.45) is 0 Å². The van der Waals surface area contributed by atoms with Crippen LogP contribution in [0.5, 0.6) is 0 Å². The number of nitrogen functional groups attached to an aromatic ring is 1. The highest BCUT2D eigenvalue weighted by Crippen LogP contribution is 2.31. The summed E-state index contributed by atoms with van der Waals surface area (Å²) in [5.41, 5.74) is 8.49. The van der Waals surface area contributed by atoms with Crippen LogP contribution >= 0.6 is 0 Å². The topological polar surface area (TPSA) is 117 Å². The van der Waals surface area contributed by atoms with Crippen molar-refractivity contribution in [3.05, 3.63) is 30.2 Å². The number of aryl methyl sites for hydroxylation is 1. The molecule has 4 aromatic heterocycles. The maximum absolute atomic E-state index is 13.1. The molecule has 4 aromatic rings. The van der Waals surface area contributed by atoms with Crippen LogP contribution in [0.25, 0.3) is 27.9 Å². The summed E-state index contributed by atoms with van der Waals surface area (Å²) in [4.78, 5) is 13.2. The minimum atomic E-state index is -4.39. The quantitative estimate of drug-likeness (QED) is 0.337. The highest BCUT2D eigenvalue weighted by atomic mass is 19.4. The number of ether oxygens (including phenoxy) is 2. The van der Waals surface area contributed by atoms with E-state index in [1.807, 2.05) is 0 Å². The first kappa shape index (κ1) is 25.2. The van der Waals surface area contributed by atoms with Crippen LogP contribution in [0.4, 0.5) is 24.9 Å². The van der Waals surface area contributed by atoms with Crippen LogP contribution in [0, 0.1) is 6.92 Å². The molecular weight excluding hydrogens is 489 g/mol. The smallest absolute Gasteiger partial charge is 0.382 e. The van der Waals surface area contributed by atoms with E-state index in [9.17, 15) is 13.2 Å². The lowest BCUT2D eigenvalue weighted by Crippen LogP contribution is -2.31. The zero-order chi connectivity index (χ0) is 26.2. The second-order valence-corrected chi connectivity index (χ2v) is 9.22. The number of hydrogen-bond donors (Lipinski definition) is 2. The van der Waals surface area contributed by atoms with E-state index in [1.54, 1.807) is 36.0 Å². The lowest BCUT2D eigenvalue weighted by atomic mass is 9.93. The first-order valence-corrected chi connectivity index (χ1v) is 12.1. The van der Waals surface area contributed by atoms with Crippen molar-refractivity contribution in [3.8, 4) is 11.3 Å². The monoisotopic (exact) mass is 518 g/mol. The average Bonchev–Trinajstić information content (AvgIpc) is 3.40. The van der Waals surface area contributed by atoms with Gasteiger partial charge in [0, 0.05) is 24.9 Å². The molecule has 4 heterocycles. The molecule has 198 valence electrons. The average molecular weight is 519 g/mol. The number of fused-ring (bicyclic) bond motifs is 2. The van der Waals surface area contributed by atoms with Crippen LogP contribution in [0.1, 0.15) is 31.5 Å². The number of alkyl halides is 3. The Morgan fingerprint density at radius 3 is 2.59 bits per heavy atom. The number of aromatic nitrogens is 6. The molecular formula is C24H29F3N8O2. The van der Waals surface area contributed by atoms with Crippen molar-refractivity contribution >= 4 is 28.4 Å². The number of pyridine rings is 1. The van der Waals surface area contributed by atoms with Gasteiger partial charge in [-0.15, -0.1) is 5.10 Å². The molecule has 0 aromatic carbocycles. The summed E-state index contributed by atoms with van der Waals surface area (Å²) in [5, 5.41) is 7.93. The van der Waals surface area contributed by atoms with E-state index < -0.39 is 12.7 Å². The van der Waals surface area contributed by atoms with E-state index in [-0.39, 0.29) is 29.4 Å². The molecule has 1 saturated carbocycles. The Balaban J connectivity index is 1.36. The fraction of sp³-hybridized carbons (Fsp3) is 0.500. The summed E-state index contributed by atoms with van der Waals surface area (Å²) in [6, 6.07) is 5.35. The summed E-state index contributed by atoms with van der Waals surface area (Å²) < 4.78 is 52.9. The van der Waals surface area contributed by atoms with E-state index in [1.165, 1.54) is 6.92 Å². The van der Waals surface area contributed by atoms with Gasteiger partial charge in [-0.2, -0.15) is 18.2 Å². The Labute approximate surface area is 211 Å². The summed E-state index contributed by atoms with van der Waals surface area (Å²) >= 11 is 0. The van der Waals surface area contributed by atoms with E-state index >= 15 is 0 Å². The maximum atomic E-state index is 13.1. The molecule has 0 atom stereocenters. The van der Waals surface area contributed by atoms with Gasteiger partial charge in [0.2, 0.25) is 5.95 Å². The minimum Gasteiger partial charge on any atom is -0.382 e. The third kappa shape index (κ3) is 5.47. The van der Waals surface area contributed by atoms with Gasteiger partial charge in [0.25, 0.3) is 0 Å². The Kier molecular flexibility index (Phi) is 6.90. The largest absolute Gasteiger partial charge is 0.406 e. The number of nitrogens with zero attached hydrogens (tertiary/aromatic N) is 6. The van der Waals surface area contributed by atoms with Crippen LogP contribution in [0.2, 0.25) is 0 Å². The summed E-state index contributed by atoms with van der Waals surface area (Å²) in [6.45, 7) is 1.55. The molecule has 0 saturated heterocycles. The molecule has 1 aliphatic carbocycles. The van der Waals surface area contributed by atoms with E-state index in [4.69, 9.17) is 15.2 Å². The second kappa shape index (κ2) is 10.1. The molecule has 0 spiro atoms. The van der Waals surface area contributed by atoms with Gasteiger partial charge in [-0.3, -0.25) is 0 Å². The zero-order valence-electron chi connectivity index (χ0n) is 20.6. The Morgan fingerprint density at radius 1 is 1.08 bits per heavy atom. The summed E-state index contributed by atoms with van der Waals surface area (Å²) in [5.74, 6) is 0.905. The van der Waals surface area contributed by atoms with Crippen molar-refractivity contribution in [1.29, 1.82) is 0 Å². The minimum absolute atomic E-state index is 0.159. The Bertz CT molecular complexity index is 1390. The SMILES string of the molecule is COCCOC1CCC(Nc2nc(N)c3c(-c4ccc5nc(C)n(CC(F)(F)F)c5n4)ccn3n2)CC1. The normalized spacial score (nSPS) is 18.6. The molecule has 37 heavy (non-hydrogen) atoms. The predicted molar refractivity (Wildman–Crippen MR) is 132 cm³/mol. The zero-order valence-corrected chi connectivity index (χ0v) is 20.6. The van der Waals surface area contributed by atoms with Gasteiger partial charge < -0.3 is 25.1 Å². The van der Waals surface area contributed by atoms with Gasteiger partial charge in [-0.05, 0) is 50.8 Å². The first-order valence-electron chi connectivity index (χ1n) is 12.1. The number of nitrogens with two attached hydrogens (primary N) is 1.